The largest absolute Gasteiger partial charge is 0.298 e. The number of hydrogen-bond acceptors (Lipinski definition) is 2. The molecule has 2 heteroatoms. The summed E-state index contributed by atoms with van der Waals surface area (Å²) in [5.74, 6) is 0.138. The first kappa shape index (κ1) is 9.98. The lowest BCUT2D eigenvalue weighted by molar-refractivity contribution is -0.127. The average molecular weight is 177 g/mol. The predicted octanol–water partition coefficient (Wildman–Crippen LogP) is 2.61. The van der Waals surface area contributed by atoms with Gasteiger partial charge in [-0.2, -0.15) is 5.26 Å². The van der Waals surface area contributed by atoms with Crippen LogP contribution in [0.3, 0.4) is 0 Å². The van der Waals surface area contributed by atoms with E-state index in [-0.39, 0.29) is 5.78 Å². The van der Waals surface area contributed by atoms with E-state index < -0.39 is 5.41 Å². The number of hydrogen-bond donors (Lipinski definition) is 0. The summed E-state index contributed by atoms with van der Waals surface area (Å²) < 4.78 is 0. The zero-order valence-electron chi connectivity index (χ0n) is 8.05. The molecular formula is C11H15NO. The van der Waals surface area contributed by atoms with Crippen LogP contribution in [-0.2, 0) is 4.79 Å². The second kappa shape index (κ2) is 4.23. The van der Waals surface area contributed by atoms with Gasteiger partial charge in [0.05, 0.1) is 6.07 Å². The highest BCUT2D eigenvalue weighted by Crippen LogP contribution is 2.35. The molecule has 0 heterocycles. The molecule has 2 nitrogen and oxygen atoms in total. The van der Waals surface area contributed by atoms with Gasteiger partial charge < -0.3 is 0 Å². The zero-order valence-corrected chi connectivity index (χ0v) is 8.05. The maximum Gasteiger partial charge on any atom is 0.153 e. The van der Waals surface area contributed by atoms with Crippen molar-refractivity contribution in [2.45, 2.75) is 39.0 Å². The molecule has 0 spiro atoms. The Labute approximate surface area is 79.2 Å². The third-order valence-electron chi connectivity index (χ3n) is 2.71. The second-order valence-corrected chi connectivity index (χ2v) is 3.60. The smallest absolute Gasteiger partial charge is 0.153 e. The van der Waals surface area contributed by atoms with Gasteiger partial charge in [-0.25, -0.2) is 0 Å². The summed E-state index contributed by atoms with van der Waals surface area (Å²) in [7, 11) is 0. The highest BCUT2D eigenvalue weighted by molar-refractivity contribution is 5.88. The molecule has 13 heavy (non-hydrogen) atoms. The molecule has 1 fully saturated rings. The second-order valence-electron chi connectivity index (χ2n) is 3.60. The summed E-state index contributed by atoms with van der Waals surface area (Å²) in [6.45, 7) is 1.92. The van der Waals surface area contributed by atoms with E-state index >= 15 is 0 Å². The van der Waals surface area contributed by atoms with Crippen molar-refractivity contribution < 1.29 is 4.79 Å². The Balaban J connectivity index is 2.78. The topological polar surface area (TPSA) is 40.9 Å². The van der Waals surface area contributed by atoms with Gasteiger partial charge in [-0.05, 0) is 26.2 Å². The van der Waals surface area contributed by atoms with Crippen LogP contribution in [-0.4, -0.2) is 5.78 Å². The Bertz CT molecular complexity index is 262. The van der Waals surface area contributed by atoms with Crippen LogP contribution in [0.4, 0.5) is 0 Å². The van der Waals surface area contributed by atoms with Crippen molar-refractivity contribution in [3.63, 3.8) is 0 Å². The molecule has 0 saturated heterocycles. The third kappa shape index (κ3) is 1.98. The van der Waals surface area contributed by atoms with Crippen LogP contribution in [0, 0.1) is 16.7 Å². The molecule has 70 valence electrons. The van der Waals surface area contributed by atoms with E-state index in [1.807, 2.05) is 19.1 Å². The van der Waals surface area contributed by atoms with Crippen LogP contribution in [0.5, 0.6) is 0 Å². The van der Waals surface area contributed by atoms with E-state index in [2.05, 4.69) is 6.07 Å². The Morgan fingerprint density at radius 2 is 2.38 bits per heavy atom. The minimum atomic E-state index is -0.690. The Morgan fingerprint density at radius 3 is 2.92 bits per heavy atom. The van der Waals surface area contributed by atoms with Crippen molar-refractivity contribution in [1.82, 2.24) is 0 Å². The van der Waals surface area contributed by atoms with Crippen LogP contribution in [0.1, 0.15) is 39.0 Å². The summed E-state index contributed by atoms with van der Waals surface area (Å²) in [5, 5.41) is 9.03. The van der Waals surface area contributed by atoms with E-state index in [0.717, 1.165) is 19.3 Å². The normalized spacial score (nSPS) is 29.1. The van der Waals surface area contributed by atoms with Crippen molar-refractivity contribution in [2.75, 3.05) is 0 Å². The number of rotatable bonds is 2. The van der Waals surface area contributed by atoms with Crippen molar-refractivity contribution >= 4 is 5.78 Å². The van der Waals surface area contributed by atoms with Crippen molar-refractivity contribution in [3.05, 3.63) is 12.2 Å². The fourth-order valence-electron chi connectivity index (χ4n) is 1.79. The van der Waals surface area contributed by atoms with E-state index in [1.54, 1.807) is 0 Å². The maximum absolute atomic E-state index is 11.6. The first-order chi connectivity index (χ1) is 6.25. The Morgan fingerprint density at radius 1 is 1.62 bits per heavy atom. The fraction of sp³-hybridized carbons (Fsp3) is 0.636. The molecule has 0 N–H and O–H groups in total. The van der Waals surface area contributed by atoms with Gasteiger partial charge in [0, 0.05) is 6.42 Å². The highest BCUT2D eigenvalue weighted by Gasteiger charge is 2.38. The average Bonchev–Trinajstić information content (AvgIpc) is 2.17. The van der Waals surface area contributed by atoms with E-state index in [9.17, 15) is 4.79 Å². The lowest BCUT2D eigenvalue weighted by Crippen LogP contribution is -2.32. The molecule has 0 aromatic heterocycles. The molecule has 1 rings (SSSR count). The first-order valence-electron chi connectivity index (χ1n) is 4.81. The summed E-state index contributed by atoms with van der Waals surface area (Å²) in [6.07, 6.45) is 7.72. The molecule has 0 bridgehead atoms. The molecule has 0 amide bonds. The van der Waals surface area contributed by atoms with Gasteiger partial charge in [-0.15, -0.1) is 0 Å². The number of nitrogens with zero attached hydrogens (tertiary/aromatic N) is 1. The van der Waals surface area contributed by atoms with Crippen molar-refractivity contribution in [2.24, 2.45) is 5.41 Å². The van der Waals surface area contributed by atoms with Gasteiger partial charge in [0.25, 0.3) is 0 Å². The molecule has 0 aliphatic heterocycles. The summed E-state index contributed by atoms with van der Waals surface area (Å²) in [6, 6.07) is 2.20. The lowest BCUT2D eigenvalue weighted by atomic mass is 9.72. The third-order valence-corrected chi connectivity index (χ3v) is 2.71. The van der Waals surface area contributed by atoms with Crippen LogP contribution >= 0.6 is 0 Å². The van der Waals surface area contributed by atoms with Crippen LogP contribution in [0.2, 0.25) is 0 Å². The van der Waals surface area contributed by atoms with Gasteiger partial charge >= 0.3 is 0 Å². The first-order valence-corrected chi connectivity index (χ1v) is 4.81. The zero-order chi connectivity index (χ0) is 9.73. The summed E-state index contributed by atoms with van der Waals surface area (Å²) >= 11 is 0. The molecular weight excluding hydrogens is 162 g/mol. The minimum absolute atomic E-state index is 0.138. The number of nitriles is 1. The van der Waals surface area contributed by atoms with Gasteiger partial charge in [0.15, 0.2) is 5.78 Å². The molecule has 0 aromatic carbocycles. The van der Waals surface area contributed by atoms with E-state index in [1.165, 1.54) is 0 Å². The Hall–Kier alpha value is -1.10. The highest BCUT2D eigenvalue weighted by atomic mass is 16.1. The molecule has 1 atom stereocenters. The summed E-state index contributed by atoms with van der Waals surface area (Å²) in [4.78, 5) is 11.6. The quantitative estimate of drug-likeness (QED) is 0.608. The van der Waals surface area contributed by atoms with Gasteiger partial charge in [-0.3, -0.25) is 4.79 Å². The van der Waals surface area contributed by atoms with E-state index in [4.69, 9.17) is 5.26 Å². The standard InChI is InChI=1S/C11H15NO/c1-2-3-7-11(9-12)8-5-4-6-10(11)13/h2-3H,4-8H2,1H3/b3-2+. The molecule has 0 aromatic rings. The predicted molar refractivity (Wildman–Crippen MR) is 51.0 cm³/mol. The number of allylic oxidation sites excluding steroid dienone is 2. The van der Waals surface area contributed by atoms with Crippen LogP contribution in [0.25, 0.3) is 0 Å². The fourth-order valence-corrected chi connectivity index (χ4v) is 1.79. The molecule has 1 aliphatic rings. The monoisotopic (exact) mass is 177 g/mol. The molecule has 1 aliphatic carbocycles. The number of carbonyl (C=O) groups is 1. The van der Waals surface area contributed by atoms with Crippen molar-refractivity contribution in [3.8, 4) is 6.07 Å². The minimum Gasteiger partial charge on any atom is -0.298 e. The lowest BCUT2D eigenvalue weighted by Gasteiger charge is -2.27. The molecule has 1 saturated carbocycles. The number of ketones is 1. The van der Waals surface area contributed by atoms with Gasteiger partial charge in [0.1, 0.15) is 5.41 Å². The Kier molecular flexibility index (Phi) is 3.25. The molecule has 1 unspecified atom stereocenters. The number of carbonyl (C=O) groups excluding carboxylic acids is 1. The van der Waals surface area contributed by atoms with Gasteiger partial charge in [0.2, 0.25) is 0 Å². The van der Waals surface area contributed by atoms with Crippen LogP contribution in [0.15, 0.2) is 12.2 Å². The van der Waals surface area contributed by atoms with Crippen molar-refractivity contribution in [1.29, 1.82) is 5.26 Å². The number of Topliss-reactive ketones (excluding diaryl/α,β-unsaturated/α-hetero) is 1. The van der Waals surface area contributed by atoms with E-state index in [0.29, 0.717) is 12.8 Å². The van der Waals surface area contributed by atoms with Crippen LogP contribution < -0.4 is 0 Å². The van der Waals surface area contributed by atoms with Gasteiger partial charge in [-0.1, -0.05) is 18.6 Å². The SMILES string of the molecule is C/C=C/CC1(C#N)CCCCC1=O. The molecule has 0 radical (unpaired) electrons. The summed E-state index contributed by atoms with van der Waals surface area (Å²) in [5.41, 5.74) is -0.690. The maximum atomic E-state index is 11.6.